The zero-order chi connectivity index (χ0) is 16.8. The fourth-order valence-corrected chi connectivity index (χ4v) is 2.38. The molecule has 0 unspecified atom stereocenters. The molecule has 1 aliphatic rings. The molecule has 1 aliphatic carbocycles. The maximum atomic E-state index is 11.9. The SMILES string of the molecule is Cc1cc(NC(=O)[C@@H](C)SCC(=O)NCC(=O)NC2CC2)no1. The molecule has 0 aliphatic heterocycles. The molecule has 1 saturated carbocycles. The number of carbonyl (C=O) groups excluding carboxylic acids is 3. The number of aryl methyl sites for hydroxylation is 1. The highest BCUT2D eigenvalue weighted by atomic mass is 32.2. The first kappa shape index (κ1) is 17.3. The van der Waals surface area contributed by atoms with Crippen molar-refractivity contribution < 1.29 is 18.9 Å². The number of carbonyl (C=O) groups is 3. The summed E-state index contributed by atoms with van der Waals surface area (Å²) in [7, 11) is 0. The third-order valence-corrected chi connectivity index (χ3v) is 4.24. The highest BCUT2D eigenvalue weighted by Crippen LogP contribution is 2.18. The Hall–Kier alpha value is -2.03. The Morgan fingerprint density at radius 3 is 2.74 bits per heavy atom. The first-order chi connectivity index (χ1) is 10.9. The van der Waals surface area contributed by atoms with E-state index in [2.05, 4.69) is 21.1 Å². The summed E-state index contributed by atoms with van der Waals surface area (Å²) in [6.07, 6.45) is 2.01. The number of aromatic nitrogens is 1. The molecule has 0 bridgehead atoms. The van der Waals surface area contributed by atoms with Gasteiger partial charge in [-0.05, 0) is 26.7 Å². The van der Waals surface area contributed by atoms with Gasteiger partial charge in [-0.2, -0.15) is 0 Å². The molecule has 1 aromatic rings. The van der Waals surface area contributed by atoms with E-state index >= 15 is 0 Å². The van der Waals surface area contributed by atoms with Gasteiger partial charge >= 0.3 is 0 Å². The van der Waals surface area contributed by atoms with Crippen LogP contribution in [0.2, 0.25) is 0 Å². The summed E-state index contributed by atoms with van der Waals surface area (Å²) in [4.78, 5) is 35.0. The largest absolute Gasteiger partial charge is 0.360 e. The summed E-state index contributed by atoms with van der Waals surface area (Å²) in [5.41, 5.74) is 0. The Labute approximate surface area is 138 Å². The summed E-state index contributed by atoms with van der Waals surface area (Å²) >= 11 is 1.18. The predicted molar refractivity (Wildman–Crippen MR) is 86.0 cm³/mol. The lowest BCUT2D eigenvalue weighted by Crippen LogP contribution is -2.38. The van der Waals surface area contributed by atoms with E-state index in [0.29, 0.717) is 11.6 Å². The molecular weight excluding hydrogens is 320 g/mol. The van der Waals surface area contributed by atoms with E-state index in [9.17, 15) is 14.4 Å². The molecule has 1 fully saturated rings. The maximum absolute atomic E-state index is 11.9. The van der Waals surface area contributed by atoms with E-state index in [1.807, 2.05) is 0 Å². The molecule has 0 saturated heterocycles. The van der Waals surface area contributed by atoms with Gasteiger partial charge in [0, 0.05) is 12.1 Å². The fourth-order valence-electron chi connectivity index (χ4n) is 1.67. The van der Waals surface area contributed by atoms with E-state index < -0.39 is 5.25 Å². The van der Waals surface area contributed by atoms with Crippen molar-refractivity contribution in [2.45, 2.75) is 38.0 Å². The molecule has 8 nitrogen and oxygen atoms in total. The van der Waals surface area contributed by atoms with Gasteiger partial charge in [0.1, 0.15) is 5.76 Å². The van der Waals surface area contributed by atoms with Crippen LogP contribution in [0.4, 0.5) is 5.82 Å². The topological polar surface area (TPSA) is 113 Å². The van der Waals surface area contributed by atoms with Crippen LogP contribution in [0.25, 0.3) is 0 Å². The Kier molecular flexibility index (Phi) is 6.03. The minimum Gasteiger partial charge on any atom is -0.360 e. The van der Waals surface area contributed by atoms with Crippen molar-refractivity contribution in [3.8, 4) is 0 Å². The van der Waals surface area contributed by atoms with Gasteiger partial charge < -0.3 is 20.5 Å². The maximum Gasteiger partial charge on any atom is 0.239 e. The normalized spacial score (nSPS) is 14.9. The van der Waals surface area contributed by atoms with Gasteiger partial charge in [-0.25, -0.2) is 0 Å². The molecule has 1 aromatic heterocycles. The van der Waals surface area contributed by atoms with Gasteiger partial charge in [0.25, 0.3) is 0 Å². The third kappa shape index (κ3) is 6.31. The van der Waals surface area contributed by atoms with Crippen LogP contribution in [0, 0.1) is 6.92 Å². The summed E-state index contributed by atoms with van der Waals surface area (Å²) in [6.45, 7) is 3.39. The van der Waals surface area contributed by atoms with Crippen LogP contribution in [-0.2, 0) is 14.4 Å². The number of nitrogens with one attached hydrogen (secondary N) is 3. The molecule has 9 heteroatoms. The number of thioether (sulfide) groups is 1. The second kappa shape index (κ2) is 8.00. The zero-order valence-electron chi connectivity index (χ0n) is 13.0. The third-order valence-electron chi connectivity index (χ3n) is 3.10. The molecule has 126 valence electrons. The van der Waals surface area contributed by atoms with Crippen LogP contribution in [0.5, 0.6) is 0 Å². The van der Waals surface area contributed by atoms with E-state index in [1.165, 1.54) is 11.8 Å². The number of nitrogens with zero attached hydrogens (tertiary/aromatic N) is 1. The van der Waals surface area contributed by atoms with Crippen molar-refractivity contribution in [3.05, 3.63) is 11.8 Å². The van der Waals surface area contributed by atoms with Crippen LogP contribution in [-0.4, -0.2) is 46.5 Å². The number of hydrogen-bond acceptors (Lipinski definition) is 6. The molecule has 3 N–H and O–H groups in total. The molecular formula is C14H20N4O4S. The molecule has 1 atom stereocenters. The van der Waals surface area contributed by atoms with Crippen molar-refractivity contribution in [1.29, 1.82) is 0 Å². The van der Waals surface area contributed by atoms with Crippen molar-refractivity contribution in [3.63, 3.8) is 0 Å². The monoisotopic (exact) mass is 340 g/mol. The second-order valence-electron chi connectivity index (χ2n) is 5.38. The minimum atomic E-state index is -0.432. The van der Waals surface area contributed by atoms with Crippen molar-refractivity contribution in [2.75, 3.05) is 17.6 Å². The van der Waals surface area contributed by atoms with E-state index in [1.54, 1.807) is 19.9 Å². The van der Waals surface area contributed by atoms with Crippen LogP contribution < -0.4 is 16.0 Å². The van der Waals surface area contributed by atoms with Crippen molar-refractivity contribution in [2.24, 2.45) is 0 Å². The Balaban J connectivity index is 1.62. The summed E-state index contributed by atoms with van der Waals surface area (Å²) in [6, 6.07) is 1.89. The van der Waals surface area contributed by atoms with Crippen LogP contribution in [0.15, 0.2) is 10.6 Å². The standard InChI is InChI=1S/C14H20N4O4S/c1-8-5-11(18-22-8)17-14(21)9(2)23-7-13(20)15-6-12(19)16-10-3-4-10/h5,9-10H,3-4,6-7H2,1-2H3,(H,15,20)(H,16,19)(H,17,18,21)/t9-/m1/s1. The lowest BCUT2D eigenvalue weighted by atomic mass is 10.4. The molecule has 1 heterocycles. The van der Waals surface area contributed by atoms with Gasteiger partial charge in [-0.1, -0.05) is 5.16 Å². The van der Waals surface area contributed by atoms with Gasteiger partial charge in [0.15, 0.2) is 5.82 Å². The minimum absolute atomic E-state index is 0.0330. The Bertz CT molecular complexity index is 585. The molecule has 3 amide bonds. The molecule has 0 radical (unpaired) electrons. The number of anilines is 1. The summed E-state index contributed by atoms with van der Waals surface area (Å²) in [5.74, 6) is 0.326. The first-order valence-electron chi connectivity index (χ1n) is 7.36. The summed E-state index contributed by atoms with van der Waals surface area (Å²) < 4.78 is 4.86. The van der Waals surface area contributed by atoms with Crippen LogP contribution >= 0.6 is 11.8 Å². The molecule has 23 heavy (non-hydrogen) atoms. The smallest absolute Gasteiger partial charge is 0.239 e. The number of amides is 3. The van der Waals surface area contributed by atoms with Gasteiger partial charge in [0.2, 0.25) is 17.7 Å². The van der Waals surface area contributed by atoms with Gasteiger partial charge in [-0.15, -0.1) is 11.8 Å². The quantitative estimate of drug-likeness (QED) is 0.633. The second-order valence-corrected chi connectivity index (χ2v) is 6.71. The van der Waals surface area contributed by atoms with E-state index in [4.69, 9.17) is 4.52 Å². The zero-order valence-corrected chi connectivity index (χ0v) is 13.9. The average Bonchev–Trinajstić information content (AvgIpc) is 3.23. The Morgan fingerprint density at radius 2 is 2.13 bits per heavy atom. The fraction of sp³-hybridized carbons (Fsp3) is 0.571. The average molecular weight is 340 g/mol. The lowest BCUT2D eigenvalue weighted by Gasteiger charge is -2.10. The van der Waals surface area contributed by atoms with Crippen molar-refractivity contribution in [1.82, 2.24) is 15.8 Å². The van der Waals surface area contributed by atoms with Gasteiger partial charge in [-0.3, -0.25) is 14.4 Å². The lowest BCUT2D eigenvalue weighted by molar-refractivity contribution is -0.124. The van der Waals surface area contributed by atoms with E-state index in [0.717, 1.165) is 12.8 Å². The molecule has 0 aromatic carbocycles. The number of hydrogen-bond donors (Lipinski definition) is 3. The molecule has 0 spiro atoms. The van der Waals surface area contributed by atoms with E-state index in [-0.39, 0.29) is 36.1 Å². The first-order valence-corrected chi connectivity index (χ1v) is 8.41. The van der Waals surface area contributed by atoms with Crippen molar-refractivity contribution >= 4 is 35.3 Å². The van der Waals surface area contributed by atoms with Gasteiger partial charge in [0.05, 0.1) is 17.5 Å². The molecule has 2 rings (SSSR count). The van der Waals surface area contributed by atoms with Crippen LogP contribution in [0.3, 0.4) is 0 Å². The van der Waals surface area contributed by atoms with Crippen LogP contribution in [0.1, 0.15) is 25.5 Å². The highest BCUT2D eigenvalue weighted by molar-refractivity contribution is 8.01. The highest BCUT2D eigenvalue weighted by Gasteiger charge is 2.23. The summed E-state index contributed by atoms with van der Waals surface area (Å²) in [5, 5.41) is 11.2. The Morgan fingerprint density at radius 1 is 1.39 bits per heavy atom. The number of rotatable bonds is 8. The predicted octanol–water partition coefficient (Wildman–Crippen LogP) is 0.438.